The highest BCUT2D eigenvalue weighted by atomic mass is 16.6. The minimum atomic E-state index is -0.538. The van der Waals surface area contributed by atoms with Gasteiger partial charge in [-0.15, -0.1) is 0 Å². The zero-order valence-electron chi connectivity index (χ0n) is 12.5. The predicted octanol–water partition coefficient (Wildman–Crippen LogP) is 2.16. The Hall–Kier alpha value is -1.26. The van der Waals surface area contributed by atoms with Gasteiger partial charge < -0.3 is 15.0 Å². The van der Waals surface area contributed by atoms with Crippen molar-refractivity contribution in [3.8, 4) is 0 Å². The van der Waals surface area contributed by atoms with Crippen LogP contribution < -0.4 is 5.32 Å². The highest BCUT2D eigenvalue weighted by Gasteiger charge is 2.26. The number of rotatable bonds is 6. The van der Waals surface area contributed by atoms with Gasteiger partial charge in [-0.2, -0.15) is 0 Å². The van der Waals surface area contributed by atoms with Gasteiger partial charge in [-0.05, 0) is 46.0 Å². The average Bonchev–Trinajstić information content (AvgIpc) is 3.07. The third kappa shape index (κ3) is 7.03. The van der Waals surface area contributed by atoms with Crippen molar-refractivity contribution in [2.45, 2.75) is 52.6 Å². The maximum atomic E-state index is 12.0. The van der Waals surface area contributed by atoms with Crippen molar-refractivity contribution in [3.63, 3.8) is 0 Å². The molecule has 0 aromatic rings. The monoisotopic (exact) mass is 270 g/mol. The smallest absolute Gasteiger partial charge is 0.408 e. The Balaban J connectivity index is 2.32. The number of hydrogen-bond acceptors (Lipinski definition) is 3. The van der Waals surface area contributed by atoms with E-state index in [4.69, 9.17) is 4.74 Å². The number of ether oxygens (including phenoxy) is 1. The van der Waals surface area contributed by atoms with E-state index >= 15 is 0 Å². The van der Waals surface area contributed by atoms with Gasteiger partial charge in [0.25, 0.3) is 0 Å². The summed E-state index contributed by atoms with van der Waals surface area (Å²) >= 11 is 0. The van der Waals surface area contributed by atoms with E-state index in [1.807, 2.05) is 4.90 Å². The molecule has 0 aromatic carbocycles. The summed E-state index contributed by atoms with van der Waals surface area (Å²) in [4.78, 5) is 25.3. The van der Waals surface area contributed by atoms with Gasteiger partial charge in [0.15, 0.2) is 0 Å². The van der Waals surface area contributed by atoms with Crippen LogP contribution in [0.4, 0.5) is 4.79 Å². The average molecular weight is 270 g/mol. The highest BCUT2D eigenvalue weighted by Crippen LogP contribution is 2.29. The molecule has 0 radical (unpaired) electrons. The second kappa shape index (κ2) is 6.78. The SMILES string of the molecule is CCCN(CC1CC1)C(=O)CNC(=O)OC(C)(C)C. The molecule has 1 rings (SSSR count). The third-order valence-corrected chi connectivity index (χ3v) is 2.80. The number of nitrogens with one attached hydrogen (secondary N) is 1. The summed E-state index contributed by atoms with van der Waals surface area (Å²) in [7, 11) is 0. The van der Waals surface area contributed by atoms with E-state index in [0.29, 0.717) is 5.92 Å². The van der Waals surface area contributed by atoms with Crippen LogP contribution in [0.5, 0.6) is 0 Å². The first-order valence-corrected chi connectivity index (χ1v) is 7.06. The topological polar surface area (TPSA) is 58.6 Å². The molecular weight excluding hydrogens is 244 g/mol. The van der Waals surface area contributed by atoms with Crippen LogP contribution in [0.15, 0.2) is 0 Å². The molecular formula is C14H26N2O3. The molecule has 0 bridgehead atoms. The molecule has 19 heavy (non-hydrogen) atoms. The van der Waals surface area contributed by atoms with Gasteiger partial charge in [0.05, 0.1) is 0 Å². The van der Waals surface area contributed by atoms with Crippen LogP contribution in [0, 0.1) is 5.92 Å². The second-order valence-electron chi connectivity index (χ2n) is 6.14. The molecule has 1 aliphatic rings. The van der Waals surface area contributed by atoms with Gasteiger partial charge in [-0.25, -0.2) is 4.79 Å². The Kier molecular flexibility index (Phi) is 5.63. The standard InChI is InChI=1S/C14H26N2O3/c1-5-8-16(10-11-6-7-11)12(17)9-15-13(18)19-14(2,3)4/h11H,5-10H2,1-4H3,(H,15,18). The van der Waals surface area contributed by atoms with Crippen LogP contribution >= 0.6 is 0 Å². The Bertz CT molecular complexity index is 319. The van der Waals surface area contributed by atoms with Crippen molar-refractivity contribution in [2.24, 2.45) is 5.92 Å². The first kappa shape index (κ1) is 15.8. The molecule has 1 N–H and O–H groups in total. The fourth-order valence-electron chi connectivity index (χ4n) is 1.77. The molecule has 0 spiro atoms. The van der Waals surface area contributed by atoms with Crippen LogP contribution in [-0.2, 0) is 9.53 Å². The van der Waals surface area contributed by atoms with Crippen LogP contribution in [-0.4, -0.2) is 42.1 Å². The Morgan fingerprint density at radius 1 is 1.32 bits per heavy atom. The summed E-state index contributed by atoms with van der Waals surface area (Å²) in [6, 6.07) is 0. The number of carbonyl (C=O) groups is 2. The number of hydrogen-bond donors (Lipinski definition) is 1. The van der Waals surface area contributed by atoms with E-state index in [1.165, 1.54) is 12.8 Å². The van der Waals surface area contributed by atoms with E-state index in [1.54, 1.807) is 20.8 Å². The largest absolute Gasteiger partial charge is 0.444 e. The van der Waals surface area contributed by atoms with Crippen LogP contribution in [0.3, 0.4) is 0 Å². The lowest BCUT2D eigenvalue weighted by Gasteiger charge is -2.23. The summed E-state index contributed by atoms with van der Waals surface area (Å²) in [5, 5.41) is 2.52. The summed E-state index contributed by atoms with van der Waals surface area (Å²) in [6.45, 7) is 9.03. The summed E-state index contributed by atoms with van der Waals surface area (Å²) in [5.41, 5.74) is -0.537. The Labute approximate surface area is 115 Å². The molecule has 5 heteroatoms. The molecule has 0 unspecified atom stereocenters. The first-order chi connectivity index (χ1) is 8.81. The fraction of sp³-hybridized carbons (Fsp3) is 0.857. The van der Waals surface area contributed by atoms with Gasteiger partial charge in [0, 0.05) is 13.1 Å². The second-order valence-corrected chi connectivity index (χ2v) is 6.14. The van der Waals surface area contributed by atoms with Gasteiger partial charge in [0.2, 0.25) is 5.91 Å². The normalized spacial score (nSPS) is 14.9. The van der Waals surface area contributed by atoms with Crippen molar-refractivity contribution in [2.75, 3.05) is 19.6 Å². The van der Waals surface area contributed by atoms with Crippen molar-refractivity contribution in [3.05, 3.63) is 0 Å². The Morgan fingerprint density at radius 3 is 2.42 bits per heavy atom. The summed E-state index contributed by atoms with van der Waals surface area (Å²) in [6.07, 6.45) is 2.83. The van der Waals surface area contributed by atoms with Crippen molar-refractivity contribution < 1.29 is 14.3 Å². The molecule has 110 valence electrons. The van der Waals surface area contributed by atoms with E-state index < -0.39 is 11.7 Å². The van der Waals surface area contributed by atoms with Crippen molar-refractivity contribution in [1.29, 1.82) is 0 Å². The quantitative estimate of drug-likeness (QED) is 0.804. The predicted molar refractivity (Wildman–Crippen MR) is 73.8 cm³/mol. The maximum Gasteiger partial charge on any atom is 0.408 e. The lowest BCUT2D eigenvalue weighted by Crippen LogP contribution is -2.43. The molecule has 2 amide bonds. The highest BCUT2D eigenvalue weighted by molar-refractivity contribution is 5.82. The summed E-state index contributed by atoms with van der Waals surface area (Å²) in [5.74, 6) is 0.636. The van der Waals surface area contributed by atoms with Crippen molar-refractivity contribution >= 4 is 12.0 Å². The molecule has 0 saturated heterocycles. The molecule has 0 aliphatic heterocycles. The Morgan fingerprint density at radius 2 is 1.95 bits per heavy atom. The number of amides is 2. The van der Waals surface area contributed by atoms with Crippen LogP contribution in [0.25, 0.3) is 0 Å². The number of alkyl carbamates (subject to hydrolysis) is 1. The maximum absolute atomic E-state index is 12.0. The molecule has 0 heterocycles. The molecule has 1 aliphatic carbocycles. The van der Waals surface area contributed by atoms with Gasteiger partial charge in [0.1, 0.15) is 12.1 Å². The molecule has 5 nitrogen and oxygen atoms in total. The van der Waals surface area contributed by atoms with E-state index in [0.717, 1.165) is 19.5 Å². The number of carbonyl (C=O) groups excluding carboxylic acids is 2. The first-order valence-electron chi connectivity index (χ1n) is 7.06. The zero-order valence-corrected chi connectivity index (χ0v) is 12.5. The minimum Gasteiger partial charge on any atom is -0.444 e. The van der Waals surface area contributed by atoms with E-state index in [-0.39, 0.29) is 12.5 Å². The molecule has 0 atom stereocenters. The van der Waals surface area contributed by atoms with Crippen molar-refractivity contribution in [1.82, 2.24) is 10.2 Å². The molecule has 0 aromatic heterocycles. The lowest BCUT2D eigenvalue weighted by atomic mass is 10.2. The van der Waals surface area contributed by atoms with Gasteiger partial charge in [-0.3, -0.25) is 4.79 Å². The van der Waals surface area contributed by atoms with Crippen LogP contribution in [0.2, 0.25) is 0 Å². The number of nitrogens with zero attached hydrogens (tertiary/aromatic N) is 1. The lowest BCUT2D eigenvalue weighted by molar-refractivity contribution is -0.130. The molecule has 1 saturated carbocycles. The van der Waals surface area contributed by atoms with E-state index in [2.05, 4.69) is 12.2 Å². The fourth-order valence-corrected chi connectivity index (χ4v) is 1.77. The zero-order chi connectivity index (χ0) is 14.5. The minimum absolute atomic E-state index is 0.0155. The van der Waals surface area contributed by atoms with E-state index in [9.17, 15) is 9.59 Å². The van der Waals surface area contributed by atoms with Gasteiger partial charge >= 0.3 is 6.09 Å². The van der Waals surface area contributed by atoms with Crippen LogP contribution in [0.1, 0.15) is 47.0 Å². The van der Waals surface area contributed by atoms with Gasteiger partial charge in [-0.1, -0.05) is 6.92 Å². The summed E-state index contributed by atoms with van der Waals surface area (Å²) < 4.78 is 5.10. The third-order valence-electron chi connectivity index (χ3n) is 2.80. The molecule has 1 fully saturated rings.